The maximum Gasteiger partial charge on any atom is -0.0320 e. The molecule has 11 heavy (non-hydrogen) atoms. The highest BCUT2D eigenvalue weighted by Gasteiger charge is 2.10. The van der Waals surface area contributed by atoms with E-state index in [0.29, 0.717) is 0 Å². The molecule has 0 aromatic carbocycles. The minimum absolute atomic E-state index is 1.01. The fraction of sp³-hybridized carbons (Fsp3) is 0.818. The molecule has 1 aliphatic carbocycles. The summed E-state index contributed by atoms with van der Waals surface area (Å²) in [5, 5.41) is 0. The number of hydrogen-bond acceptors (Lipinski definition) is 0. The SMILES string of the molecule is CC(C)=CCC1CCCCC1. The average Bonchev–Trinajstić information content (AvgIpc) is 2.03. The largest absolute Gasteiger partial charge is 0.0856 e. The van der Waals surface area contributed by atoms with Gasteiger partial charge in [0.25, 0.3) is 0 Å². The lowest BCUT2D eigenvalue weighted by atomic mass is 9.87. The van der Waals surface area contributed by atoms with Crippen LogP contribution in [0.4, 0.5) is 0 Å². The van der Waals surface area contributed by atoms with Crippen LogP contribution in [0.2, 0.25) is 0 Å². The fourth-order valence-corrected chi connectivity index (χ4v) is 1.83. The molecule has 0 N–H and O–H groups in total. The van der Waals surface area contributed by atoms with E-state index in [-0.39, 0.29) is 0 Å². The highest BCUT2D eigenvalue weighted by molar-refractivity contribution is 4.94. The zero-order chi connectivity index (χ0) is 8.10. The molecule has 1 fully saturated rings. The topological polar surface area (TPSA) is 0 Å². The summed E-state index contributed by atoms with van der Waals surface area (Å²) in [5.74, 6) is 1.01. The van der Waals surface area contributed by atoms with Gasteiger partial charge in [0.05, 0.1) is 0 Å². The van der Waals surface area contributed by atoms with Crippen LogP contribution < -0.4 is 0 Å². The molecule has 1 saturated carbocycles. The lowest BCUT2D eigenvalue weighted by Crippen LogP contribution is -2.04. The van der Waals surface area contributed by atoms with E-state index >= 15 is 0 Å². The summed E-state index contributed by atoms with van der Waals surface area (Å²) >= 11 is 0. The first-order valence-electron chi connectivity index (χ1n) is 4.92. The Balaban J connectivity index is 2.19. The summed E-state index contributed by atoms with van der Waals surface area (Å²) in [6, 6.07) is 0. The van der Waals surface area contributed by atoms with E-state index < -0.39 is 0 Å². The van der Waals surface area contributed by atoms with E-state index in [9.17, 15) is 0 Å². The number of allylic oxidation sites excluding steroid dienone is 2. The van der Waals surface area contributed by atoms with Gasteiger partial charge in [-0.1, -0.05) is 43.8 Å². The van der Waals surface area contributed by atoms with E-state index in [0.717, 1.165) is 5.92 Å². The average molecular weight is 152 g/mol. The van der Waals surface area contributed by atoms with E-state index in [2.05, 4.69) is 19.9 Å². The van der Waals surface area contributed by atoms with Crippen molar-refractivity contribution >= 4 is 0 Å². The molecule has 0 saturated heterocycles. The molecular weight excluding hydrogens is 132 g/mol. The van der Waals surface area contributed by atoms with Gasteiger partial charge in [-0.15, -0.1) is 0 Å². The standard InChI is InChI=1S/C11H20/c1-10(2)8-9-11-6-4-3-5-7-11/h8,11H,3-7,9H2,1-2H3. The van der Waals surface area contributed by atoms with Crippen LogP contribution in [-0.4, -0.2) is 0 Å². The first-order valence-corrected chi connectivity index (χ1v) is 4.92. The minimum Gasteiger partial charge on any atom is -0.0856 e. The van der Waals surface area contributed by atoms with Crippen molar-refractivity contribution < 1.29 is 0 Å². The first-order chi connectivity index (χ1) is 5.29. The van der Waals surface area contributed by atoms with Gasteiger partial charge in [0.2, 0.25) is 0 Å². The summed E-state index contributed by atoms with van der Waals surface area (Å²) in [7, 11) is 0. The third-order valence-electron chi connectivity index (χ3n) is 2.58. The maximum atomic E-state index is 2.40. The maximum absolute atomic E-state index is 2.40. The number of rotatable bonds is 2. The van der Waals surface area contributed by atoms with Crippen LogP contribution in [0.1, 0.15) is 52.4 Å². The van der Waals surface area contributed by atoms with Gasteiger partial charge in [-0.25, -0.2) is 0 Å². The lowest BCUT2D eigenvalue weighted by Gasteiger charge is -2.19. The Morgan fingerprint density at radius 3 is 2.36 bits per heavy atom. The van der Waals surface area contributed by atoms with E-state index in [4.69, 9.17) is 0 Å². The molecular formula is C11H20. The van der Waals surface area contributed by atoms with Gasteiger partial charge in [-0.2, -0.15) is 0 Å². The van der Waals surface area contributed by atoms with Gasteiger partial charge in [-0.05, 0) is 26.2 Å². The van der Waals surface area contributed by atoms with Crippen molar-refractivity contribution in [2.24, 2.45) is 5.92 Å². The second-order valence-electron chi connectivity index (χ2n) is 4.02. The molecule has 0 atom stereocenters. The smallest absolute Gasteiger partial charge is 0.0320 e. The molecule has 0 aliphatic heterocycles. The second kappa shape index (κ2) is 4.58. The Kier molecular flexibility index (Phi) is 3.68. The molecule has 0 aromatic heterocycles. The number of hydrogen-bond donors (Lipinski definition) is 0. The van der Waals surface area contributed by atoms with Crippen molar-refractivity contribution in [1.29, 1.82) is 0 Å². The Morgan fingerprint density at radius 2 is 1.82 bits per heavy atom. The van der Waals surface area contributed by atoms with E-state index in [1.165, 1.54) is 44.1 Å². The van der Waals surface area contributed by atoms with E-state index in [1.54, 1.807) is 0 Å². The zero-order valence-corrected chi connectivity index (χ0v) is 7.90. The third kappa shape index (κ3) is 3.60. The fourth-order valence-electron chi connectivity index (χ4n) is 1.83. The molecule has 1 rings (SSSR count). The van der Waals surface area contributed by atoms with Crippen molar-refractivity contribution in [1.82, 2.24) is 0 Å². The van der Waals surface area contributed by atoms with Gasteiger partial charge >= 0.3 is 0 Å². The quantitative estimate of drug-likeness (QED) is 0.526. The van der Waals surface area contributed by atoms with Crippen molar-refractivity contribution in [2.45, 2.75) is 52.4 Å². The molecule has 64 valence electrons. The Labute approximate surface area is 70.7 Å². The van der Waals surface area contributed by atoms with Crippen molar-refractivity contribution in [3.8, 4) is 0 Å². The summed E-state index contributed by atoms with van der Waals surface area (Å²) in [6.45, 7) is 4.39. The summed E-state index contributed by atoms with van der Waals surface area (Å²) in [4.78, 5) is 0. The highest BCUT2D eigenvalue weighted by atomic mass is 14.2. The Hall–Kier alpha value is -0.260. The van der Waals surface area contributed by atoms with Crippen LogP contribution in [-0.2, 0) is 0 Å². The van der Waals surface area contributed by atoms with Crippen LogP contribution in [0, 0.1) is 5.92 Å². The molecule has 0 heteroatoms. The monoisotopic (exact) mass is 152 g/mol. The molecule has 1 aliphatic rings. The molecule has 0 unspecified atom stereocenters. The zero-order valence-electron chi connectivity index (χ0n) is 7.90. The molecule has 0 amide bonds. The highest BCUT2D eigenvalue weighted by Crippen LogP contribution is 2.26. The van der Waals surface area contributed by atoms with Crippen LogP contribution in [0.3, 0.4) is 0 Å². The molecule has 0 heterocycles. The van der Waals surface area contributed by atoms with Gasteiger partial charge in [0.1, 0.15) is 0 Å². The van der Waals surface area contributed by atoms with Crippen molar-refractivity contribution in [2.75, 3.05) is 0 Å². The first kappa shape index (κ1) is 8.83. The minimum atomic E-state index is 1.01. The molecule has 0 spiro atoms. The van der Waals surface area contributed by atoms with Crippen LogP contribution >= 0.6 is 0 Å². The predicted octanol–water partition coefficient (Wildman–Crippen LogP) is 3.92. The predicted molar refractivity (Wildman–Crippen MR) is 50.6 cm³/mol. The van der Waals surface area contributed by atoms with Crippen LogP contribution in [0.25, 0.3) is 0 Å². The van der Waals surface area contributed by atoms with Crippen molar-refractivity contribution in [3.63, 3.8) is 0 Å². The van der Waals surface area contributed by atoms with Crippen LogP contribution in [0.15, 0.2) is 11.6 Å². The molecule has 0 bridgehead atoms. The van der Waals surface area contributed by atoms with Gasteiger partial charge < -0.3 is 0 Å². The van der Waals surface area contributed by atoms with Gasteiger partial charge in [0.15, 0.2) is 0 Å². The Bertz CT molecular complexity index is 123. The normalized spacial score (nSPS) is 19.8. The lowest BCUT2D eigenvalue weighted by molar-refractivity contribution is 0.361. The third-order valence-corrected chi connectivity index (χ3v) is 2.58. The molecule has 0 nitrogen and oxygen atoms in total. The second-order valence-corrected chi connectivity index (χ2v) is 4.02. The molecule has 0 radical (unpaired) electrons. The van der Waals surface area contributed by atoms with Gasteiger partial charge in [0, 0.05) is 0 Å². The summed E-state index contributed by atoms with van der Waals surface area (Å²) < 4.78 is 0. The summed E-state index contributed by atoms with van der Waals surface area (Å²) in [5.41, 5.74) is 1.48. The van der Waals surface area contributed by atoms with E-state index in [1.807, 2.05) is 0 Å². The molecule has 0 aromatic rings. The summed E-state index contributed by atoms with van der Waals surface area (Å²) in [6.07, 6.45) is 11.1. The van der Waals surface area contributed by atoms with Crippen LogP contribution in [0.5, 0.6) is 0 Å². The Morgan fingerprint density at radius 1 is 1.18 bits per heavy atom. The van der Waals surface area contributed by atoms with Gasteiger partial charge in [-0.3, -0.25) is 0 Å². The van der Waals surface area contributed by atoms with Crippen molar-refractivity contribution in [3.05, 3.63) is 11.6 Å².